The van der Waals surface area contributed by atoms with Gasteiger partial charge >= 0.3 is 0 Å². The lowest BCUT2D eigenvalue weighted by Gasteiger charge is -2.10. The van der Waals surface area contributed by atoms with Gasteiger partial charge in [0.2, 0.25) is 0 Å². The van der Waals surface area contributed by atoms with Crippen LogP contribution in [0.5, 0.6) is 0 Å². The van der Waals surface area contributed by atoms with Gasteiger partial charge in [-0.2, -0.15) is 5.26 Å². The van der Waals surface area contributed by atoms with E-state index in [-0.39, 0.29) is 0 Å². The molecule has 2 N–H and O–H groups in total. The number of rotatable bonds is 4. The molecule has 2 rings (SSSR count). The highest BCUT2D eigenvalue weighted by atomic mass is 35.5. The Morgan fingerprint density at radius 3 is 2.58 bits per heavy atom. The van der Waals surface area contributed by atoms with Gasteiger partial charge in [-0.3, -0.25) is 0 Å². The molecule has 0 bridgehead atoms. The lowest BCUT2D eigenvalue weighted by molar-refractivity contribution is 0.650. The van der Waals surface area contributed by atoms with Crippen LogP contribution in [0.4, 0.5) is 5.69 Å². The van der Waals surface area contributed by atoms with Gasteiger partial charge in [0.15, 0.2) is 0 Å². The Morgan fingerprint density at radius 2 is 2.00 bits per heavy atom. The topological polar surface area (TPSA) is 54.7 Å². The van der Waals surface area contributed by atoms with E-state index in [9.17, 15) is 0 Å². The van der Waals surface area contributed by atoms with Gasteiger partial charge in [-0.25, -0.2) is 0 Å². The van der Waals surface area contributed by atoms with E-state index >= 15 is 0 Å². The van der Waals surface area contributed by atoms with Crippen molar-refractivity contribution in [3.05, 3.63) is 52.3 Å². The van der Waals surface area contributed by atoms with E-state index in [1.807, 2.05) is 28.8 Å². The average molecular weight is 274 g/mol. The van der Waals surface area contributed by atoms with Crippen molar-refractivity contribution in [1.82, 2.24) is 4.57 Å². The maximum atomic E-state index is 9.14. The summed E-state index contributed by atoms with van der Waals surface area (Å²) < 4.78 is 2.00. The Bertz CT molecular complexity index is 606. The second-order valence-corrected chi connectivity index (χ2v) is 4.93. The van der Waals surface area contributed by atoms with E-state index in [2.05, 4.69) is 13.0 Å². The van der Waals surface area contributed by atoms with Gasteiger partial charge < -0.3 is 10.3 Å². The molecule has 1 aromatic heterocycles. The molecule has 4 heteroatoms. The average Bonchev–Trinajstić information content (AvgIpc) is 2.70. The van der Waals surface area contributed by atoms with E-state index in [1.165, 1.54) is 0 Å². The van der Waals surface area contributed by atoms with E-state index < -0.39 is 0 Å². The van der Waals surface area contributed by atoms with Crippen molar-refractivity contribution in [3.8, 4) is 6.07 Å². The second kappa shape index (κ2) is 5.81. The highest BCUT2D eigenvalue weighted by Crippen LogP contribution is 2.22. The zero-order valence-corrected chi connectivity index (χ0v) is 11.6. The first kappa shape index (κ1) is 13.5. The van der Waals surface area contributed by atoms with Crippen LogP contribution < -0.4 is 5.73 Å². The van der Waals surface area contributed by atoms with Crippen LogP contribution in [0.2, 0.25) is 5.02 Å². The minimum absolute atomic E-state index is 0.628. The van der Waals surface area contributed by atoms with Crippen LogP contribution in [-0.2, 0) is 13.0 Å². The second-order valence-electron chi connectivity index (χ2n) is 4.50. The van der Waals surface area contributed by atoms with Crippen LogP contribution in [0.1, 0.15) is 30.3 Å². The lowest BCUT2D eigenvalue weighted by atomic mass is 10.1. The maximum absolute atomic E-state index is 9.14. The third-order valence-corrected chi connectivity index (χ3v) is 3.34. The molecule has 3 nitrogen and oxygen atoms in total. The van der Waals surface area contributed by atoms with Crippen molar-refractivity contribution in [2.24, 2.45) is 0 Å². The highest BCUT2D eigenvalue weighted by Gasteiger charge is 2.12. The summed E-state index contributed by atoms with van der Waals surface area (Å²) in [5, 5.41) is 9.86. The summed E-state index contributed by atoms with van der Waals surface area (Å²) in [4.78, 5) is 0. The van der Waals surface area contributed by atoms with Crippen LogP contribution in [0.3, 0.4) is 0 Å². The van der Waals surface area contributed by atoms with Crippen molar-refractivity contribution in [1.29, 1.82) is 5.26 Å². The zero-order valence-electron chi connectivity index (χ0n) is 10.9. The van der Waals surface area contributed by atoms with Crippen molar-refractivity contribution >= 4 is 17.3 Å². The lowest BCUT2D eigenvalue weighted by Crippen LogP contribution is -2.07. The summed E-state index contributed by atoms with van der Waals surface area (Å²) in [5.74, 6) is 0. The Balaban J connectivity index is 2.36. The Hall–Kier alpha value is -1.92. The third kappa shape index (κ3) is 2.91. The van der Waals surface area contributed by atoms with Crippen LogP contribution in [0, 0.1) is 11.3 Å². The van der Waals surface area contributed by atoms with Gasteiger partial charge in [-0.05, 0) is 30.2 Å². The van der Waals surface area contributed by atoms with Gasteiger partial charge in [0.1, 0.15) is 11.8 Å². The fourth-order valence-electron chi connectivity index (χ4n) is 2.17. The van der Waals surface area contributed by atoms with Crippen LogP contribution >= 0.6 is 11.6 Å². The van der Waals surface area contributed by atoms with Gasteiger partial charge in [-0.1, -0.05) is 30.7 Å². The first-order valence-electron chi connectivity index (χ1n) is 6.28. The molecule has 0 saturated carbocycles. The molecule has 98 valence electrons. The van der Waals surface area contributed by atoms with Crippen LogP contribution in [0.15, 0.2) is 30.3 Å². The van der Waals surface area contributed by atoms with Gasteiger partial charge in [0, 0.05) is 23.7 Å². The van der Waals surface area contributed by atoms with E-state index in [0.717, 1.165) is 29.2 Å². The van der Waals surface area contributed by atoms with Crippen molar-refractivity contribution in [3.63, 3.8) is 0 Å². The number of nitriles is 1. The molecule has 0 spiro atoms. The molecular formula is C15H16ClN3. The molecule has 1 heterocycles. The summed E-state index contributed by atoms with van der Waals surface area (Å²) in [6.07, 6.45) is 1.68. The third-order valence-electron chi connectivity index (χ3n) is 3.09. The Kier molecular flexibility index (Phi) is 4.13. The summed E-state index contributed by atoms with van der Waals surface area (Å²) in [5.41, 5.74) is 9.47. The fraction of sp³-hybridized carbons (Fsp3) is 0.267. The number of halogens is 1. The predicted molar refractivity (Wildman–Crippen MR) is 78.1 cm³/mol. The standard InChI is InChI=1S/C15H16ClN3/c1-2-7-19-13(10-17)9-14(18)15(19)8-11-3-5-12(16)6-4-11/h3-6,9H,2,7-8,18H2,1H3. The molecule has 19 heavy (non-hydrogen) atoms. The van der Waals surface area contributed by atoms with Gasteiger partial charge in [0.25, 0.3) is 0 Å². The molecule has 0 aliphatic carbocycles. The van der Waals surface area contributed by atoms with Gasteiger partial charge in [0.05, 0.1) is 5.69 Å². The van der Waals surface area contributed by atoms with E-state index in [1.54, 1.807) is 6.07 Å². The maximum Gasteiger partial charge on any atom is 0.122 e. The monoisotopic (exact) mass is 273 g/mol. The summed E-state index contributed by atoms with van der Waals surface area (Å²) >= 11 is 5.88. The number of benzene rings is 1. The first-order valence-corrected chi connectivity index (χ1v) is 6.66. The molecule has 0 radical (unpaired) electrons. The number of hydrogen-bond donors (Lipinski definition) is 1. The predicted octanol–water partition coefficient (Wildman–Crippen LogP) is 3.60. The molecule has 0 atom stereocenters. The molecule has 0 unspecified atom stereocenters. The van der Waals surface area contributed by atoms with Crippen LogP contribution in [0.25, 0.3) is 0 Å². The number of nitrogens with zero attached hydrogens (tertiary/aromatic N) is 2. The molecule has 0 amide bonds. The van der Waals surface area contributed by atoms with Crippen LogP contribution in [-0.4, -0.2) is 4.57 Å². The Morgan fingerprint density at radius 1 is 1.32 bits per heavy atom. The number of anilines is 1. The van der Waals surface area contributed by atoms with Crippen molar-refractivity contribution < 1.29 is 0 Å². The first-order chi connectivity index (χ1) is 9.15. The number of nitrogen functional groups attached to an aromatic ring is 1. The Labute approximate surface area is 118 Å². The van der Waals surface area contributed by atoms with Crippen molar-refractivity contribution in [2.45, 2.75) is 26.3 Å². The molecule has 0 aliphatic heterocycles. The molecule has 0 fully saturated rings. The number of hydrogen-bond acceptors (Lipinski definition) is 2. The number of nitrogens with two attached hydrogens (primary N) is 1. The molecular weight excluding hydrogens is 258 g/mol. The molecule has 2 aromatic rings. The zero-order chi connectivity index (χ0) is 13.8. The normalized spacial score (nSPS) is 10.4. The largest absolute Gasteiger partial charge is 0.397 e. The molecule has 0 saturated heterocycles. The van der Waals surface area contributed by atoms with E-state index in [0.29, 0.717) is 17.8 Å². The van der Waals surface area contributed by atoms with Crippen molar-refractivity contribution in [2.75, 3.05) is 5.73 Å². The number of aromatic nitrogens is 1. The summed E-state index contributed by atoms with van der Waals surface area (Å²) in [6.45, 7) is 2.90. The van der Waals surface area contributed by atoms with Gasteiger partial charge in [-0.15, -0.1) is 0 Å². The minimum Gasteiger partial charge on any atom is -0.397 e. The highest BCUT2D eigenvalue weighted by molar-refractivity contribution is 6.30. The van der Waals surface area contributed by atoms with E-state index in [4.69, 9.17) is 22.6 Å². The fourth-order valence-corrected chi connectivity index (χ4v) is 2.30. The molecule has 0 aliphatic rings. The summed E-state index contributed by atoms with van der Waals surface area (Å²) in [7, 11) is 0. The SMILES string of the molecule is CCCn1c(C#N)cc(N)c1Cc1ccc(Cl)cc1. The smallest absolute Gasteiger partial charge is 0.122 e. The minimum atomic E-state index is 0.628. The molecule has 1 aromatic carbocycles. The summed E-state index contributed by atoms with van der Waals surface area (Å²) in [6, 6.07) is 11.6. The quantitative estimate of drug-likeness (QED) is 0.925.